The fourth-order valence-electron chi connectivity index (χ4n) is 1.77. The summed E-state index contributed by atoms with van der Waals surface area (Å²) in [5.74, 6) is 0.530. The largest absolute Gasteiger partial charge is 0.369 e. The molecule has 3 heteroatoms. The number of para-hydroxylation sites is 1. The zero-order valence-corrected chi connectivity index (χ0v) is 10.00. The SMILES string of the molecule is N#CC(Nc1ccccc1Br)C1CCC1. The van der Waals surface area contributed by atoms with Gasteiger partial charge in [-0.15, -0.1) is 0 Å². The van der Waals surface area contributed by atoms with E-state index in [0.717, 1.165) is 10.2 Å². The molecule has 15 heavy (non-hydrogen) atoms. The third-order valence-electron chi connectivity index (χ3n) is 2.95. The fourth-order valence-corrected chi connectivity index (χ4v) is 2.17. The van der Waals surface area contributed by atoms with Gasteiger partial charge in [-0.3, -0.25) is 0 Å². The van der Waals surface area contributed by atoms with Crippen molar-refractivity contribution in [3.05, 3.63) is 28.7 Å². The summed E-state index contributed by atoms with van der Waals surface area (Å²) in [4.78, 5) is 0. The van der Waals surface area contributed by atoms with Crippen LogP contribution in [-0.4, -0.2) is 6.04 Å². The van der Waals surface area contributed by atoms with Gasteiger partial charge in [-0.25, -0.2) is 0 Å². The van der Waals surface area contributed by atoms with Gasteiger partial charge in [-0.05, 0) is 46.8 Å². The van der Waals surface area contributed by atoms with E-state index in [0.29, 0.717) is 5.92 Å². The Kier molecular flexibility index (Phi) is 3.27. The van der Waals surface area contributed by atoms with Crippen molar-refractivity contribution < 1.29 is 0 Å². The van der Waals surface area contributed by atoms with E-state index in [1.165, 1.54) is 19.3 Å². The Labute approximate surface area is 98.4 Å². The molecule has 0 radical (unpaired) electrons. The van der Waals surface area contributed by atoms with Crippen LogP contribution in [0.2, 0.25) is 0 Å². The van der Waals surface area contributed by atoms with Crippen molar-refractivity contribution in [1.82, 2.24) is 0 Å². The molecule has 0 spiro atoms. The number of hydrogen-bond donors (Lipinski definition) is 1. The lowest BCUT2D eigenvalue weighted by atomic mass is 9.80. The van der Waals surface area contributed by atoms with E-state index < -0.39 is 0 Å². The molecule has 1 aromatic carbocycles. The Morgan fingerprint density at radius 3 is 2.67 bits per heavy atom. The van der Waals surface area contributed by atoms with Crippen molar-refractivity contribution in [3.8, 4) is 6.07 Å². The van der Waals surface area contributed by atoms with Crippen LogP contribution in [0.25, 0.3) is 0 Å². The van der Waals surface area contributed by atoms with Gasteiger partial charge in [0.05, 0.1) is 6.07 Å². The average Bonchev–Trinajstić information content (AvgIpc) is 2.17. The number of halogens is 1. The minimum absolute atomic E-state index is 0.0440. The summed E-state index contributed by atoms with van der Waals surface area (Å²) in [5, 5.41) is 12.4. The predicted molar refractivity (Wildman–Crippen MR) is 64.5 cm³/mol. The van der Waals surface area contributed by atoms with Gasteiger partial charge in [0, 0.05) is 10.2 Å². The lowest BCUT2D eigenvalue weighted by Crippen LogP contribution is -2.32. The molecule has 0 aromatic heterocycles. The number of rotatable bonds is 3. The standard InChI is InChI=1S/C12H13BrN2/c13-10-6-1-2-7-11(10)15-12(8-14)9-4-3-5-9/h1-2,6-7,9,12,15H,3-5H2. The molecule has 2 rings (SSSR count). The predicted octanol–water partition coefficient (Wildman–Crippen LogP) is 3.55. The molecule has 1 fully saturated rings. The summed E-state index contributed by atoms with van der Waals surface area (Å²) in [5.41, 5.74) is 1.01. The minimum Gasteiger partial charge on any atom is -0.369 e. The molecule has 0 amide bonds. The van der Waals surface area contributed by atoms with Gasteiger partial charge < -0.3 is 5.32 Å². The summed E-state index contributed by atoms with van der Waals surface area (Å²) < 4.78 is 1.02. The Balaban J connectivity index is 2.06. The Morgan fingerprint density at radius 2 is 2.13 bits per heavy atom. The van der Waals surface area contributed by atoms with E-state index in [2.05, 4.69) is 27.3 Å². The average molecular weight is 265 g/mol. The summed E-state index contributed by atoms with van der Waals surface area (Å²) in [6.07, 6.45) is 3.62. The molecule has 1 aromatic rings. The van der Waals surface area contributed by atoms with Crippen LogP contribution in [0.1, 0.15) is 19.3 Å². The maximum absolute atomic E-state index is 9.09. The second-order valence-electron chi connectivity index (χ2n) is 3.92. The van der Waals surface area contributed by atoms with Crippen LogP contribution in [0.5, 0.6) is 0 Å². The van der Waals surface area contributed by atoms with E-state index in [4.69, 9.17) is 5.26 Å². The van der Waals surface area contributed by atoms with Gasteiger partial charge in [0.15, 0.2) is 0 Å². The van der Waals surface area contributed by atoms with E-state index >= 15 is 0 Å². The number of nitrogens with zero attached hydrogens (tertiary/aromatic N) is 1. The minimum atomic E-state index is -0.0440. The van der Waals surface area contributed by atoms with Gasteiger partial charge >= 0.3 is 0 Å². The molecule has 0 heterocycles. The molecule has 1 N–H and O–H groups in total. The van der Waals surface area contributed by atoms with E-state index in [1.807, 2.05) is 24.3 Å². The van der Waals surface area contributed by atoms with Crippen molar-refractivity contribution in [2.45, 2.75) is 25.3 Å². The highest BCUT2D eigenvalue weighted by atomic mass is 79.9. The van der Waals surface area contributed by atoms with Crippen LogP contribution in [0.3, 0.4) is 0 Å². The quantitative estimate of drug-likeness (QED) is 0.907. The molecule has 1 saturated carbocycles. The van der Waals surface area contributed by atoms with Crippen LogP contribution in [-0.2, 0) is 0 Å². The summed E-state index contributed by atoms with van der Waals surface area (Å²) in [6.45, 7) is 0. The first kappa shape index (κ1) is 10.5. The van der Waals surface area contributed by atoms with Crippen LogP contribution < -0.4 is 5.32 Å². The molecule has 0 bridgehead atoms. The smallest absolute Gasteiger partial charge is 0.117 e. The molecule has 0 saturated heterocycles. The number of nitriles is 1. The van der Waals surface area contributed by atoms with Crippen molar-refractivity contribution in [3.63, 3.8) is 0 Å². The monoisotopic (exact) mass is 264 g/mol. The number of nitrogens with one attached hydrogen (secondary N) is 1. The number of benzene rings is 1. The first-order valence-electron chi connectivity index (χ1n) is 5.22. The number of hydrogen-bond acceptors (Lipinski definition) is 2. The van der Waals surface area contributed by atoms with Gasteiger partial charge in [0.1, 0.15) is 6.04 Å². The highest BCUT2D eigenvalue weighted by Gasteiger charge is 2.27. The molecule has 1 unspecified atom stereocenters. The molecule has 1 atom stereocenters. The van der Waals surface area contributed by atoms with E-state index in [9.17, 15) is 0 Å². The summed E-state index contributed by atoms with van der Waals surface area (Å²) in [6, 6.07) is 10.2. The zero-order chi connectivity index (χ0) is 10.7. The van der Waals surface area contributed by atoms with Crippen molar-refractivity contribution in [2.75, 3.05) is 5.32 Å². The van der Waals surface area contributed by atoms with Crippen LogP contribution >= 0.6 is 15.9 Å². The number of anilines is 1. The molecule has 1 aliphatic rings. The van der Waals surface area contributed by atoms with Gasteiger partial charge in [-0.1, -0.05) is 18.6 Å². The van der Waals surface area contributed by atoms with Crippen molar-refractivity contribution >= 4 is 21.6 Å². The summed E-state index contributed by atoms with van der Waals surface area (Å²) >= 11 is 3.47. The first-order valence-corrected chi connectivity index (χ1v) is 6.01. The van der Waals surface area contributed by atoms with Crippen LogP contribution in [0, 0.1) is 17.2 Å². The molecular formula is C12H13BrN2. The first-order chi connectivity index (χ1) is 7.31. The molecule has 78 valence electrons. The Hall–Kier alpha value is -1.01. The second-order valence-corrected chi connectivity index (χ2v) is 4.78. The van der Waals surface area contributed by atoms with Gasteiger partial charge in [0.2, 0.25) is 0 Å². The maximum Gasteiger partial charge on any atom is 0.117 e. The van der Waals surface area contributed by atoms with E-state index in [1.54, 1.807) is 0 Å². The third-order valence-corrected chi connectivity index (χ3v) is 3.64. The van der Waals surface area contributed by atoms with Crippen LogP contribution in [0.15, 0.2) is 28.7 Å². The fraction of sp³-hybridized carbons (Fsp3) is 0.417. The molecule has 2 nitrogen and oxygen atoms in total. The summed E-state index contributed by atoms with van der Waals surface area (Å²) in [7, 11) is 0. The van der Waals surface area contributed by atoms with E-state index in [-0.39, 0.29) is 6.04 Å². The molecule has 1 aliphatic carbocycles. The van der Waals surface area contributed by atoms with Crippen molar-refractivity contribution in [2.24, 2.45) is 5.92 Å². The molecule has 0 aliphatic heterocycles. The Bertz CT molecular complexity index is 379. The van der Waals surface area contributed by atoms with Crippen LogP contribution in [0.4, 0.5) is 5.69 Å². The third kappa shape index (κ3) is 2.32. The lowest BCUT2D eigenvalue weighted by Gasteiger charge is -2.30. The second kappa shape index (κ2) is 4.67. The maximum atomic E-state index is 9.09. The Morgan fingerprint density at radius 1 is 1.40 bits per heavy atom. The van der Waals surface area contributed by atoms with Crippen molar-refractivity contribution in [1.29, 1.82) is 5.26 Å². The van der Waals surface area contributed by atoms with Gasteiger partial charge in [0.25, 0.3) is 0 Å². The van der Waals surface area contributed by atoms with Gasteiger partial charge in [-0.2, -0.15) is 5.26 Å². The highest BCUT2D eigenvalue weighted by Crippen LogP contribution is 2.32. The highest BCUT2D eigenvalue weighted by molar-refractivity contribution is 9.10. The lowest BCUT2D eigenvalue weighted by molar-refractivity contribution is 0.303. The topological polar surface area (TPSA) is 35.8 Å². The normalized spacial score (nSPS) is 17.6. The molecular weight excluding hydrogens is 252 g/mol. The zero-order valence-electron chi connectivity index (χ0n) is 8.41.